The number of halogens is 3. The van der Waals surface area contributed by atoms with E-state index in [9.17, 15) is 8.78 Å². The van der Waals surface area contributed by atoms with Crippen LogP contribution >= 0.6 is 11.6 Å². The molecule has 1 aromatic rings. The van der Waals surface area contributed by atoms with E-state index in [1.54, 1.807) is 4.68 Å². The van der Waals surface area contributed by atoms with Gasteiger partial charge in [-0.15, -0.1) is 0 Å². The Morgan fingerprint density at radius 2 is 2.40 bits per heavy atom. The lowest BCUT2D eigenvalue weighted by molar-refractivity contribution is 0.0497. The first-order valence-corrected chi connectivity index (χ1v) is 4.92. The molecule has 0 fully saturated rings. The van der Waals surface area contributed by atoms with Crippen molar-refractivity contribution in [2.45, 2.75) is 31.3 Å². The van der Waals surface area contributed by atoms with Crippen molar-refractivity contribution in [2.24, 2.45) is 5.84 Å². The Morgan fingerprint density at radius 3 is 2.87 bits per heavy atom. The topological polar surface area (TPSA) is 55.9 Å². The molecule has 4 nitrogen and oxygen atoms in total. The van der Waals surface area contributed by atoms with Crippen molar-refractivity contribution in [3.05, 3.63) is 18.0 Å². The van der Waals surface area contributed by atoms with Gasteiger partial charge in [-0.25, -0.2) is 5.43 Å². The number of nitrogens with one attached hydrogen (secondary N) is 1. The van der Waals surface area contributed by atoms with Gasteiger partial charge in [-0.05, 0) is 18.0 Å². The zero-order chi connectivity index (χ0) is 11.5. The van der Waals surface area contributed by atoms with Crippen molar-refractivity contribution in [2.75, 3.05) is 0 Å². The number of aromatic nitrogens is 2. The van der Waals surface area contributed by atoms with E-state index in [4.69, 9.17) is 17.4 Å². The normalized spacial score (nSPS) is 14.2. The van der Waals surface area contributed by atoms with Crippen molar-refractivity contribution in [3.8, 4) is 0 Å². The second-order valence-corrected chi connectivity index (χ2v) is 3.68. The summed E-state index contributed by atoms with van der Waals surface area (Å²) in [6.45, 7) is 2.64. The first-order valence-electron chi connectivity index (χ1n) is 4.54. The number of hydrazine groups is 1. The molecule has 1 unspecified atom stereocenters. The van der Waals surface area contributed by atoms with Gasteiger partial charge in [-0.2, -0.15) is 13.9 Å². The lowest BCUT2D eigenvalue weighted by Gasteiger charge is -2.18. The van der Waals surface area contributed by atoms with Crippen LogP contribution in [0, 0.1) is 0 Å². The predicted octanol–water partition coefficient (Wildman–Crippen LogP) is 1.63. The number of nitrogens with two attached hydrogens (primary N) is 1. The average Bonchev–Trinajstić information content (AvgIpc) is 2.52. The van der Waals surface area contributed by atoms with Gasteiger partial charge in [0.2, 0.25) is 0 Å². The lowest BCUT2D eigenvalue weighted by Crippen LogP contribution is -2.37. The monoisotopic (exact) mass is 238 g/mol. The highest BCUT2D eigenvalue weighted by Crippen LogP contribution is 2.33. The summed E-state index contributed by atoms with van der Waals surface area (Å²) in [6, 6.07) is -1.43. The Morgan fingerprint density at radius 1 is 1.73 bits per heavy atom. The smallest absolute Gasteiger partial charge is 0.272 e. The van der Waals surface area contributed by atoms with Crippen molar-refractivity contribution >= 4 is 11.6 Å². The molecule has 0 spiro atoms. The molecule has 0 aromatic carbocycles. The van der Waals surface area contributed by atoms with Crippen LogP contribution in [0.5, 0.6) is 0 Å². The molecule has 86 valence electrons. The van der Waals surface area contributed by atoms with Gasteiger partial charge in [-0.1, -0.05) is 6.92 Å². The van der Waals surface area contributed by atoms with Crippen LogP contribution < -0.4 is 11.3 Å². The van der Waals surface area contributed by atoms with Gasteiger partial charge in [0, 0.05) is 18.3 Å². The quantitative estimate of drug-likeness (QED) is 0.466. The second-order valence-electron chi connectivity index (χ2n) is 3.18. The minimum absolute atomic E-state index is 0.269. The van der Waals surface area contributed by atoms with Crippen LogP contribution in [0.1, 0.15) is 24.9 Å². The van der Waals surface area contributed by atoms with Crippen LogP contribution in [0.2, 0.25) is 0 Å². The Labute approximate surface area is 91.4 Å². The van der Waals surface area contributed by atoms with Gasteiger partial charge >= 0.3 is 5.38 Å². The van der Waals surface area contributed by atoms with E-state index >= 15 is 0 Å². The van der Waals surface area contributed by atoms with Crippen molar-refractivity contribution in [1.82, 2.24) is 15.2 Å². The third-order valence-corrected chi connectivity index (χ3v) is 2.15. The van der Waals surface area contributed by atoms with Crippen LogP contribution in [0.4, 0.5) is 8.78 Å². The molecule has 0 amide bonds. The highest BCUT2D eigenvalue weighted by atomic mass is 35.5. The van der Waals surface area contributed by atoms with Crippen molar-refractivity contribution in [3.63, 3.8) is 0 Å². The van der Waals surface area contributed by atoms with Gasteiger partial charge in [-0.3, -0.25) is 10.5 Å². The van der Waals surface area contributed by atoms with Gasteiger partial charge in [0.25, 0.3) is 0 Å². The maximum absolute atomic E-state index is 12.9. The number of nitrogens with zero attached hydrogens (tertiary/aromatic N) is 2. The molecule has 0 aliphatic carbocycles. The molecule has 15 heavy (non-hydrogen) atoms. The van der Waals surface area contributed by atoms with Gasteiger partial charge < -0.3 is 0 Å². The summed E-state index contributed by atoms with van der Waals surface area (Å²) in [7, 11) is 0. The van der Waals surface area contributed by atoms with Crippen LogP contribution in [-0.2, 0) is 6.54 Å². The number of rotatable bonds is 5. The van der Waals surface area contributed by atoms with Crippen LogP contribution in [0.3, 0.4) is 0 Å². The molecule has 0 bridgehead atoms. The molecule has 3 N–H and O–H groups in total. The summed E-state index contributed by atoms with van der Waals surface area (Å²) in [5.74, 6) is 5.02. The summed E-state index contributed by atoms with van der Waals surface area (Å²) in [4.78, 5) is 0. The van der Waals surface area contributed by atoms with E-state index in [0.29, 0.717) is 6.54 Å². The molecule has 1 aromatic heterocycles. The zero-order valence-electron chi connectivity index (χ0n) is 8.25. The summed E-state index contributed by atoms with van der Waals surface area (Å²) in [5.41, 5.74) is 2.25. The SMILES string of the molecule is CCCn1cc(C(NN)C(F)(F)Cl)cn1. The summed E-state index contributed by atoms with van der Waals surface area (Å²) < 4.78 is 27.3. The van der Waals surface area contributed by atoms with Gasteiger partial charge in [0.1, 0.15) is 6.04 Å². The molecule has 0 aliphatic rings. The molecular weight excluding hydrogens is 226 g/mol. The standard InChI is InChI=1S/C8H13ClF2N4/c1-2-3-15-5-6(4-13-15)7(14-12)8(9,10)11/h4-5,7,14H,2-3,12H2,1H3. The Kier molecular flexibility index (Phi) is 4.01. The van der Waals surface area contributed by atoms with E-state index in [-0.39, 0.29) is 5.56 Å². The third kappa shape index (κ3) is 3.12. The predicted molar refractivity (Wildman–Crippen MR) is 53.4 cm³/mol. The molecular formula is C8H13ClF2N4. The molecule has 1 atom stereocenters. The fourth-order valence-electron chi connectivity index (χ4n) is 1.26. The third-order valence-electron chi connectivity index (χ3n) is 1.93. The van der Waals surface area contributed by atoms with Crippen LogP contribution in [0.25, 0.3) is 0 Å². The maximum atomic E-state index is 12.9. The van der Waals surface area contributed by atoms with Crippen LogP contribution in [-0.4, -0.2) is 15.2 Å². The van der Waals surface area contributed by atoms with Gasteiger partial charge in [0.05, 0.1) is 6.20 Å². The van der Waals surface area contributed by atoms with Crippen molar-refractivity contribution < 1.29 is 8.78 Å². The number of hydrogen-bond acceptors (Lipinski definition) is 3. The Hall–Kier alpha value is -0.720. The largest absolute Gasteiger partial charge is 0.342 e. The molecule has 0 saturated carbocycles. The zero-order valence-corrected chi connectivity index (χ0v) is 9.01. The molecule has 0 radical (unpaired) electrons. The highest BCUT2D eigenvalue weighted by molar-refractivity contribution is 6.22. The molecule has 1 rings (SSSR count). The number of alkyl halides is 3. The lowest BCUT2D eigenvalue weighted by atomic mass is 10.2. The Bertz CT molecular complexity index is 310. The summed E-state index contributed by atoms with van der Waals surface area (Å²) in [5, 5.41) is 0.482. The highest BCUT2D eigenvalue weighted by Gasteiger charge is 2.38. The fraction of sp³-hybridized carbons (Fsp3) is 0.625. The first kappa shape index (κ1) is 12.4. The van der Waals surface area contributed by atoms with Crippen LogP contribution in [0.15, 0.2) is 12.4 Å². The number of hydrogen-bond donors (Lipinski definition) is 2. The maximum Gasteiger partial charge on any atom is 0.342 e. The minimum atomic E-state index is -3.44. The van der Waals surface area contributed by atoms with E-state index < -0.39 is 11.4 Å². The number of aryl methyl sites for hydroxylation is 1. The summed E-state index contributed by atoms with van der Waals surface area (Å²) >= 11 is 4.91. The molecule has 0 aliphatic heterocycles. The fourth-order valence-corrected chi connectivity index (χ4v) is 1.45. The molecule has 0 saturated heterocycles. The van der Waals surface area contributed by atoms with E-state index in [1.165, 1.54) is 12.4 Å². The minimum Gasteiger partial charge on any atom is -0.272 e. The van der Waals surface area contributed by atoms with Crippen molar-refractivity contribution in [1.29, 1.82) is 0 Å². The van der Waals surface area contributed by atoms with Gasteiger partial charge in [0.15, 0.2) is 0 Å². The average molecular weight is 239 g/mol. The second kappa shape index (κ2) is 4.87. The van der Waals surface area contributed by atoms with E-state index in [2.05, 4.69) is 5.10 Å². The Balaban J connectivity index is 2.83. The summed E-state index contributed by atoms with van der Waals surface area (Å²) in [6.07, 6.45) is 3.71. The molecule has 1 heterocycles. The first-order chi connectivity index (χ1) is 6.99. The van der Waals surface area contributed by atoms with E-state index in [0.717, 1.165) is 6.42 Å². The van der Waals surface area contributed by atoms with E-state index in [1.807, 2.05) is 12.3 Å². The molecule has 7 heteroatoms.